The van der Waals surface area contributed by atoms with Crippen molar-refractivity contribution in [1.29, 1.82) is 0 Å². The van der Waals surface area contributed by atoms with Gasteiger partial charge in [0.15, 0.2) is 0 Å². The van der Waals surface area contributed by atoms with Gasteiger partial charge in [0.25, 0.3) is 0 Å². The maximum atomic E-state index is 3.15. The Morgan fingerprint density at radius 1 is 0.765 bits per heavy atom. The third-order valence-corrected chi connectivity index (χ3v) is 2.77. The molecule has 0 amide bonds. The Hall–Kier alpha value is -0.970. The van der Waals surface area contributed by atoms with Gasteiger partial charge in [-0.15, -0.1) is 17.7 Å². The maximum absolute atomic E-state index is 3.15. The van der Waals surface area contributed by atoms with E-state index in [-0.39, 0.29) is 0 Å². The van der Waals surface area contributed by atoms with Crippen LogP contribution in [0.4, 0.5) is 0 Å². The van der Waals surface area contributed by atoms with Gasteiger partial charge in [0.05, 0.1) is 18.6 Å². The zero-order valence-corrected chi connectivity index (χ0v) is 11.9. The summed E-state index contributed by atoms with van der Waals surface area (Å²) >= 11 is 1.85. The minimum Gasteiger partial charge on any atom is -0.149 e. The van der Waals surface area contributed by atoms with Crippen molar-refractivity contribution >= 4 is 11.8 Å². The average molecular weight is 246 g/mol. The van der Waals surface area contributed by atoms with Crippen LogP contribution in [-0.2, 0) is 0 Å². The van der Waals surface area contributed by atoms with E-state index in [1.807, 2.05) is 11.8 Å². The Morgan fingerprint density at radius 3 is 2.06 bits per heavy atom. The number of thioether (sulfide) groups is 1. The van der Waals surface area contributed by atoms with Crippen LogP contribution in [0.5, 0.6) is 0 Å². The smallest absolute Gasteiger partial charge is 0.0703 e. The van der Waals surface area contributed by atoms with Gasteiger partial charge in [-0.1, -0.05) is 56.3 Å². The summed E-state index contributed by atoms with van der Waals surface area (Å²) in [4.78, 5) is 0. The second-order valence-corrected chi connectivity index (χ2v) is 4.78. The molecular formula is C16H22S. The van der Waals surface area contributed by atoms with Crippen LogP contribution >= 0.6 is 11.8 Å². The Balaban J connectivity index is 3.43. The van der Waals surface area contributed by atoms with Crippen LogP contribution in [0.3, 0.4) is 0 Å². The van der Waals surface area contributed by atoms with E-state index in [1.165, 1.54) is 19.3 Å². The molecule has 0 N–H and O–H groups in total. The molecule has 0 saturated carbocycles. The molecule has 0 bridgehead atoms. The highest BCUT2D eigenvalue weighted by molar-refractivity contribution is 7.99. The van der Waals surface area contributed by atoms with Crippen LogP contribution in [0.1, 0.15) is 52.4 Å². The lowest BCUT2D eigenvalue weighted by Gasteiger charge is -1.87. The fourth-order valence-electron chi connectivity index (χ4n) is 1.09. The van der Waals surface area contributed by atoms with Crippen molar-refractivity contribution in [3.63, 3.8) is 0 Å². The first-order chi connectivity index (χ1) is 8.41. The van der Waals surface area contributed by atoms with Crippen LogP contribution in [0, 0.1) is 35.5 Å². The fraction of sp³-hybridized carbons (Fsp3) is 0.625. The molecule has 0 aromatic rings. The highest BCUT2D eigenvalue weighted by atomic mass is 32.2. The molecule has 0 unspecified atom stereocenters. The van der Waals surface area contributed by atoms with E-state index in [9.17, 15) is 0 Å². The topological polar surface area (TPSA) is 0 Å². The Morgan fingerprint density at radius 2 is 1.41 bits per heavy atom. The van der Waals surface area contributed by atoms with Crippen molar-refractivity contribution in [3.8, 4) is 35.5 Å². The molecule has 0 aliphatic heterocycles. The molecule has 0 fully saturated rings. The summed E-state index contributed by atoms with van der Waals surface area (Å²) in [6.45, 7) is 4.35. The van der Waals surface area contributed by atoms with Gasteiger partial charge in [0.1, 0.15) is 0 Å². The van der Waals surface area contributed by atoms with E-state index in [0.29, 0.717) is 12.8 Å². The quantitative estimate of drug-likeness (QED) is 0.519. The summed E-state index contributed by atoms with van der Waals surface area (Å²) in [6, 6.07) is 0. The molecule has 92 valence electrons. The summed E-state index contributed by atoms with van der Waals surface area (Å²) < 4.78 is 0. The number of hydrogen-bond acceptors (Lipinski definition) is 1. The van der Waals surface area contributed by atoms with Crippen LogP contribution in [-0.4, -0.2) is 11.5 Å². The SMILES string of the molecule is CCCCCC#CCC#CCC#CCSCC. The van der Waals surface area contributed by atoms with E-state index in [4.69, 9.17) is 0 Å². The van der Waals surface area contributed by atoms with Gasteiger partial charge in [-0.25, -0.2) is 0 Å². The van der Waals surface area contributed by atoms with Crippen molar-refractivity contribution in [2.75, 3.05) is 11.5 Å². The second kappa shape index (κ2) is 15.0. The van der Waals surface area contributed by atoms with Gasteiger partial charge in [0, 0.05) is 6.42 Å². The van der Waals surface area contributed by atoms with E-state index >= 15 is 0 Å². The molecule has 0 aliphatic carbocycles. The molecule has 0 aromatic carbocycles. The van der Waals surface area contributed by atoms with Crippen molar-refractivity contribution in [1.82, 2.24) is 0 Å². The highest BCUT2D eigenvalue weighted by Crippen LogP contribution is 1.96. The van der Waals surface area contributed by atoms with Crippen LogP contribution in [0.15, 0.2) is 0 Å². The normalized spacial score (nSPS) is 8.12. The van der Waals surface area contributed by atoms with Crippen LogP contribution < -0.4 is 0 Å². The first-order valence-corrected chi connectivity index (χ1v) is 7.52. The summed E-state index contributed by atoms with van der Waals surface area (Å²) in [5, 5.41) is 0. The monoisotopic (exact) mass is 246 g/mol. The lowest BCUT2D eigenvalue weighted by Crippen LogP contribution is -1.72. The fourth-order valence-corrected chi connectivity index (χ4v) is 1.50. The number of hydrogen-bond donors (Lipinski definition) is 0. The zero-order valence-electron chi connectivity index (χ0n) is 11.1. The summed E-state index contributed by atoms with van der Waals surface area (Å²) in [6.07, 6.45) is 6.16. The Labute approximate surface area is 111 Å². The molecular weight excluding hydrogens is 224 g/mol. The third-order valence-electron chi connectivity index (χ3n) is 2.01. The van der Waals surface area contributed by atoms with E-state index in [1.54, 1.807) is 0 Å². The zero-order chi connectivity index (χ0) is 12.6. The summed E-state index contributed by atoms with van der Waals surface area (Å²) in [5.74, 6) is 20.5. The molecule has 0 aromatic heterocycles. The molecule has 1 heteroatoms. The minimum absolute atomic E-state index is 0.682. The molecule has 0 rings (SSSR count). The standard InChI is InChI=1S/C16H22S/c1-3-5-6-7-8-9-10-11-12-13-14-15-16-17-4-2/h3-7,10,13,16H2,1-2H3. The molecule has 0 saturated heterocycles. The predicted molar refractivity (Wildman–Crippen MR) is 79.7 cm³/mol. The summed E-state index contributed by atoms with van der Waals surface area (Å²) in [5.41, 5.74) is 0. The second-order valence-electron chi connectivity index (χ2n) is 3.51. The van der Waals surface area contributed by atoms with Crippen molar-refractivity contribution in [3.05, 3.63) is 0 Å². The van der Waals surface area contributed by atoms with Gasteiger partial charge in [0.2, 0.25) is 0 Å². The maximum Gasteiger partial charge on any atom is 0.0703 e. The largest absolute Gasteiger partial charge is 0.149 e. The lowest BCUT2D eigenvalue weighted by molar-refractivity contribution is 0.737. The average Bonchev–Trinajstić information content (AvgIpc) is 2.35. The van der Waals surface area contributed by atoms with Crippen LogP contribution in [0.25, 0.3) is 0 Å². The molecule has 0 spiro atoms. The van der Waals surface area contributed by atoms with E-state index < -0.39 is 0 Å². The van der Waals surface area contributed by atoms with Crippen LogP contribution in [0.2, 0.25) is 0 Å². The minimum atomic E-state index is 0.682. The molecule has 0 nitrogen and oxygen atoms in total. The van der Waals surface area contributed by atoms with E-state index in [0.717, 1.165) is 17.9 Å². The van der Waals surface area contributed by atoms with Crippen molar-refractivity contribution in [2.24, 2.45) is 0 Å². The van der Waals surface area contributed by atoms with Crippen molar-refractivity contribution < 1.29 is 0 Å². The molecule has 0 aliphatic rings. The van der Waals surface area contributed by atoms with Crippen molar-refractivity contribution in [2.45, 2.75) is 52.4 Å². The number of rotatable bonds is 5. The van der Waals surface area contributed by atoms with Gasteiger partial charge in [-0.05, 0) is 12.2 Å². The first-order valence-electron chi connectivity index (χ1n) is 6.36. The van der Waals surface area contributed by atoms with Gasteiger partial charge < -0.3 is 0 Å². The Bertz CT molecular complexity index is 335. The Kier molecular flexibility index (Phi) is 14.2. The van der Waals surface area contributed by atoms with Gasteiger partial charge >= 0.3 is 0 Å². The summed E-state index contributed by atoms with van der Waals surface area (Å²) in [7, 11) is 0. The van der Waals surface area contributed by atoms with E-state index in [2.05, 4.69) is 49.4 Å². The van der Waals surface area contributed by atoms with Gasteiger partial charge in [-0.2, -0.15) is 0 Å². The van der Waals surface area contributed by atoms with Gasteiger partial charge in [-0.3, -0.25) is 0 Å². The number of unbranched alkanes of at least 4 members (excludes halogenated alkanes) is 3. The molecule has 17 heavy (non-hydrogen) atoms. The molecule has 0 heterocycles. The third kappa shape index (κ3) is 15.0. The molecule has 0 radical (unpaired) electrons. The first kappa shape index (κ1) is 16.0. The molecule has 0 atom stereocenters. The highest BCUT2D eigenvalue weighted by Gasteiger charge is 1.79. The lowest BCUT2D eigenvalue weighted by atomic mass is 10.2. The predicted octanol–water partition coefficient (Wildman–Crippen LogP) is 4.11.